The van der Waals surface area contributed by atoms with Gasteiger partial charge in [-0.1, -0.05) is 68.4 Å². The van der Waals surface area contributed by atoms with E-state index in [1.165, 1.54) is 11.1 Å². The van der Waals surface area contributed by atoms with Crippen molar-refractivity contribution in [3.05, 3.63) is 70.5 Å². The Labute approximate surface area is 176 Å². The summed E-state index contributed by atoms with van der Waals surface area (Å²) >= 11 is 1.67. The largest absolute Gasteiger partial charge is 0.345 e. The standard InChI is InChI=1S/C23H28N4OS/c1-5-17-11-9-12-18(6-2)21(17)27-20(25-26-23(27)29-7-3)15-24-22(28)19-13-8-10-16(4)14-19/h8-14H,5-7,15H2,1-4H3,(H,24,28). The maximum absolute atomic E-state index is 12.6. The molecule has 0 saturated carbocycles. The van der Waals surface area contributed by atoms with Gasteiger partial charge in [0.05, 0.1) is 12.2 Å². The molecule has 0 aliphatic heterocycles. The van der Waals surface area contributed by atoms with Gasteiger partial charge in [-0.2, -0.15) is 0 Å². The molecule has 1 N–H and O–H groups in total. The predicted octanol–water partition coefficient (Wildman–Crippen LogP) is 4.74. The topological polar surface area (TPSA) is 59.8 Å². The molecule has 0 bridgehead atoms. The van der Waals surface area contributed by atoms with Gasteiger partial charge in [-0.25, -0.2) is 0 Å². The van der Waals surface area contributed by atoms with Crippen molar-refractivity contribution in [1.29, 1.82) is 0 Å². The Hall–Kier alpha value is -2.60. The van der Waals surface area contributed by atoms with E-state index < -0.39 is 0 Å². The number of para-hydroxylation sites is 1. The second kappa shape index (κ2) is 9.74. The summed E-state index contributed by atoms with van der Waals surface area (Å²) in [5.41, 5.74) is 5.38. The third-order valence-electron chi connectivity index (χ3n) is 4.85. The molecule has 3 rings (SSSR count). The van der Waals surface area contributed by atoms with E-state index in [1.54, 1.807) is 11.8 Å². The number of carbonyl (C=O) groups is 1. The lowest BCUT2D eigenvalue weighted by Gasteiger charge is -2.18. The summed E-state index contributed by atoms with van der Waals surface area (Å²) < 4.78 is 2.13. The lowest BCUT2D eigenvalue weighted by Crippen LogP contribution is -2.25. The summed E-state index contributed by atoms with van der Waals surface area (Å²) in [6.07, 6.45) is 1.85. The van der Waals surface area contributed by atoms with Crippen LogP contribution >= 0.6 is 11.8 Å². The predicted molar refractivity (Wildman–Crippen MR) is 119 cm³/mol. The summed E-state index contributed by atoms with van der Waals surface area (Å²) in [6.45, 7) is 8.74. The van der Waals surface area contributed by atoms with Crippen molar-refractivity contribution in [3.8, 4) is 5.69 Å². The van der Waals surface area contributed by atoms with Crippen LogP contribution in [0.25, 0.3) is 5.69 Å². The number of aromatic nitrogens is 3. The second-order valence-corrected chi connectivity index (χ2v) is 8.08. The van der Waals surface area contributed by atoms with Gasteiger partial charge in [-0.3, -0.25) is 9.36 Å². The molecule has 0 aliphatic carbocycles. The third kappa shape index (κ3) is 4.70. The van der Waals surface area contributed by atoms with E-state index in [1.807, 2.05) is 31.2 Å². The fourth-order valence-electron chi connectivity index (χ4n) is 3.41. The smallest absolute Gasteiger partial charge is 0.251 e. The number of amides is 1. The summed E-state index contributed by atoms with van der Waals surface area (Å²) in [4.78, 5) is 12.6. The summed E-state index contributed by atoms with van der Waals surface area (Å²) in [7, 11) is 0. The highest BCUT2D eigenvalue weighted by Gasteiger charge is 2.19. The van der Waals surface area contributed by atoms with Crippen LogP contribution in [0.2, 0.25) is 0 Å². The molecule has 0 unspecified atom stereocenters. The maximum Gasteiger partial charge on any atom is 0.251 e. The number of hydrogen-bond donors (Lipinski definition) is 1. The quantitative estimate of drug-likeness (QED) is 0.547. The van der Waals surface area contributed by atoms with Gasteiger partial charge in [0.1, 0.15) is 0 Å². The van der Waals surface area contributed by atoms with Crippen LogP contribution in [-0.4, -0.2) is 26.4 Å². The molecule has 0 aliphatic rings. The monoisotopic (exact) mass is 408 g/mol. The number of nitrogens with zero attached hydrogens (tertiary/aromatic N) is 3. The summed E-state index contributed by atoms with van der Waals surface area (Å²) in [5, 5.41) is 12.7. The third-order valence-corrected chi connectivity index (χ3v) is 5.66. The van der Waals surface area contributed by atoms with E-state index in [0.29, 0.717) is 12.1 Å². The maximum atomic E-state index is 12.6. The molecular formula is C23H28N4OS. The first-order chi connectivity index (χ1) is 14.1. The molecule has 1 amide bonds. The van der Waals surface area contributed by atoms with Crippen LogP contribution in [0.15, 0.2) is 47.6 Å². The molecule has 0 atom stereocenters. The van der Waals surface area contributed by atoms with Crippen molar-refractivity contribution in [1.82, 2.24) is 20.1 Å². The fourth-order valence-corrected chi connectivity index (χ4v) is 4.09. The van der Waals surface area contributed by atoms with E-state index in [-0.39, 0.29) is 5.91 Å². The Morgan fingerprint density at radius 2 is 1.72 bits per heavy atom. The Morgan fingerprint density at radius 1 is 1.03 bits per heavy atom. The minimum absolute atomic E-state index is 0.104. The van der Waals surface area contributed by atoms with Crippen molar-refractivity contribution < 1.29 is 4.79 Å². The SMILES string of the molecule is CCSc1nnc(CNC(=O)c2cccc(C)c2)n1-c1c(CC)cccc1CC. The highest BCUT2D eigenvalue weighted by molar-refractivity contribution is 7.99. The van der Waals surface area contributed by atoms with Crippen LogP contribution in [0.1, 0.15) is 53.6 Å². The Morgan fingerprint density at radius 3 is 2.34 bits per heavy atom. The first-order valence-electron chi connectivity index (χ1n) is 10.1. The van der Waals surface area contributed by atoms with Gasteiger partial charge in [0, 0.05) is 5.56 Å². The van der Waals surface area contributed by atoms with Crippen LogP contribution in [0.5, 0.6) is 0 Å². The number of hydrogen-bond acceptors (Lipinski definition) is 4. The van der Waals surface area contributed by atoms with E-state index in [0.717, 1.165) is 40.8 Å². The normalized spacial score (nSPS) is 10.9. The first-order valence-corrected chi connectivity index (χ1v) is 11.1. The van der Waals surface area contributed by atoms with E-state index >= 15 is 0 Å². The zero-order chi connectivity index (χ0) is 20.8. The number of carbonyl (C=O) groups excluding carboxylic acids is 1. The van der Waals surface area contributed by atoms with Gasteiger partial charge in [0.15, 0.2) is 11.0 Å². The zero-order valence-electron chi connectivity index (χ0n) is 17.5. The van der Waals surface area contributed by atoms with Crippen LogP contribution in [-0.2, 0) is 19.4 Å². The first kappa shape index (κ1) is 21.1. The molecular weight excluding hydrogens is 380 g/mol. The van der Waals surface area contributed by atoms with Crippen molar-refractivity contribution in [2.45, 2.75) is 52.2 Å². The second-order valence-electron chi connectivity index (χ2n) is 6.85. The van der Waals surface area contributed by atoms with Crippen LogP contribution < -0.4 is 5.32 Å². The van der Waals surface area contributed by atoms with Gasteiger partial charge in [0.25, 0.3) is 5.91 Å². The molecule has 29 heavy (non-hydrogen) atoms. The number of nitrogens with one attached hydrogen (secondary N) is 1. The van der Waals surface area contributed by atoms with Gasteiger partial charge in [0.2, 0.25) is 0 Å². The van der Waals surface area contributed by atoms with Crippen molar-refractivity contribution in [3.63, 3.8) is 0 Å². The van der Waals surface area contributed by atoms with E-state index in [4.69, 9.17) is 0 Å². The molecule has 6 heteroatoms. The van der Waals surface area contributed by atoms with Crippen molar-refractivity contribution >= 4 is 17.7 Å². The molecule has 0 spiro atoms. The van der Waals surface area contributed by atoms with Crippen LogP contribution in [0, 0.1) is 6.92 Å². The minimum Gasteiger partial charge on any atom is -0.345 e. The molecule has 0 radical (unpaired) electrons. The average molecular weight is 409 g/mol. The van der Waals surface area contributed by atoms with E-state index in [9.17, 15) is 4.79 Å². The Balaban J connectivity index is 1.97. The Bertz CT molecular complexity index is 974. The lowest BCUT2D eigenvalue weighted by atomic mass is 10.0. The average Bonchev–Trinajstić information content (AvgIpc) is 3.13. The van der Waals surface area contributed by atoms with Crippen LogP contribution in [0.3, 0.4) is 0 Å². The number of aryl methyl sites for hydroxylation is 3. The van der Waals surface area contributed by atoms with Crippen molar-refractivity contribution in [2.75, 3.05) is 5.75 Å². The molecule has 0 saturated heterocycles. The lowest BCUT2D eigenvalue weighted by molar-refractivity contribution is 0.0949. The fraction of sp³-hybridized carbons (Fsp3) is 0.348. The minimum atomic E-state index is -0.104. The van der Waals surface area contributed by atoms with Gasteiger partial charge >= 0.3 is 0 Å². The number of rotatable bonds is 8. The molecule has 152 valence electrons. The highest BCUT2D eigenvalue weighted by Crippen LogP contribution is 2.28. The van der Waals surface area contributed by atoms with Gasteiger partial charge < -0.3 is 5.32 Å². The van der Waals surface area contributed by atoms with Gasteiger partial charge in [-0.05, 0) is 48.8 Å². The molecule has 5 nitrogen and oxygen atoms in total. The number of benzene rings is 2. The zero-order valence-corrected chi connectivity index (χ0v) is 18.3. The molecule has 0 fully saturated rings. The summed E-state index contributed by atoms with van der Waals surface area (Å²) in [6, 6.07) is 14.0. The van der Waals surface area contributed by atoms with Crippen LogP contribution in [0.4, 0.5) is 0 Å². The highest BCUT2D eigenvalue weighted by atomic mass is 32.2. The molecule has 2 aromatic carbocycles. The van der Waals surface area contributed by atoms with E-state index in [2.05, 4.69) is 59.1 Å². The number of thioether (sulfide) groups is 1. The van der Waals surface area contributed by atoms with Crippen molar-refractivity contribution in [2.24, 2.45) is 0 Å². The molecule has 3 aromatic rings. The summed E-state index contributed by atoms with van der Waals surface area (Å²) in [5.74, 6) is 1.55. The molecule has 1 aromatic heterocycles. The molecule has 1 heterocycles. The Kier molecular flexibility index (Phi) is 7.09. The van der Waals surface area contributed by atoms with Gasteiger partial charge in [-0.15, -0.1) is 10.2 Å².